The third-order valence-electron chi connectivity index (χ3n) is 5.50. The second kappa shape index (κ2) is 7.99. The zero-order valence-corrected chi connectivity index (χ0v) is 16.9. The number of nitrogens with zero attached hydrogens (tertiary/aromatic N) is 2. The number of anilines is 2. The molecule has 1 aliphatic rings. The lowest BCUT2D eigenvalue weighted by Crippen LogP contribution is -2.27. The summed E-state index contributed by atoms with van der Waals surface area (Å²) in [4.78, 5) is 26.9. The Balaban J connectivity index is 1.46. The predicted octanol–water partition coefficient (Wildman–Crippen LogP) is 4.47. The summed E-state index contributed by atoms with van der Waals surface area (Å²) in [6, 6.07) is 27.3. The number of hydrogen-bond acceptors (Lipinski definition) is 2. The monoisotopic (exact) mass is 410 g/mol. The molecule has 0 radical (unpaired) electrons. The second-order valence-corrected chi connectivity index (χ2v) is 7.55. The van der Waals surface area contributed by atoms with Crippen LogP contribution in [0.4, 0.5) is 16.2 Å². The molecular weight excluding hydrogens is 388 g/mol. The summed E-state index contributed by atoms with van der Waals surface area (Å²) in [6.07, 6.45) is 0. The molecule has 5 rings (SSSR count). The van der Waals surface area contributed by atoms with Crippen molar-refractivity contribution in [2.75, 3.05) is 23.3 Å². The van der Waals surface area contributed by atoms with E-state index in [1.165, 1.54) is 0 Å². The summed E-state index contributed by atoms with van der Waals surface area (Å²) in [6.45, 7) is 1.83. The molecule has 6 heteroatoms. The molecule has 1 fully saturated rings. The molecule has 6 nitrogen and oxygen atoms in total. The van der Waals surface area contributed by atoms with Crippen molar-refractivity contribution in [1.82, 2.24) is 9.88 Å². The molecule has 1 aliphatic heterocycles. The highest BCUT2D eigenvalue weighted by atomic mass is 16.2. The zero-order valence-electron chi connectivity index (χ0n) is 16.9. The minimum absolute atomic E-state index is 0.119. The number of rotatable bonds is 5. The van der Waals surface area contributed by atoms with Crippen molar-refractivity contribution in [3.63, 3.8) is 0 Å². The van der Waals surface area contributed by atoms with E-state index in [1.54, 1.807) is 4.90 Å². The van der Waals surface area contributed by atoms with Crippen molar-refractivity contribution < 1.29 is 9.59 Å². The number of carbonyl (C=O) groups excluding carboxylic acids is 2. The number of fused-ring (bicyclic) bond motifs is 1. The quantitative estimate of drug-likeness (QED) is 0.510. The van der Waals surface area contributed by atoms with Crippen LogP contribution in [-0.2, 0) is 6.54 Å². The Morgan fingerprint density at radius 1 is 0.935 bits per heavy atom. The minimum Gasteiger partial charge on any atom is -0.336 e. The fourth-order valence-electron chi connectivity index (χ4n) is 4.00. The van der Waals surface area contributed by atoms with E-state index in [4.69, 9.17) is 0 Å². The minimum atomic E-state index is -0.185. The molecule has 0 bridgehead atoms. The maximum absolute atomic E-state index is 13.3. The van der Waals surface area contributed by atoms with Crippen LogP contribution in [0.2, 0.25) is 0 Å². The summed E-state index contributed by atoms with van der Waals surface area (Å²) in [5, 5.41) is 6.82. The Morgan fingerprint density at radius 3 is 2.55 bits per heavy atom. The Kier molecular flexibility index (Phi) is 4.88. The third kappa shape index (κ3) is 3.75. The van der Waals surface area contributed by atoms with Crippen LogP contribution in [-0.4, -0.2) is 29.6 Å². The van der Waals surface area contributed by atoms with E-state index in [2.05, 4.69) is 22.8 Å². The lowest BCUT2D eigenvalue weighted by molar-refractivity contribution is 0.101. The molecule has 3 amide bonds. The van der Waals surface area contributed by atoms with Gasteiger partial charge in [0.15, 0.2) is 0 Å². The van der Waals surface area contributed by atoms with Crippen molar-refractivity contribution >= 4 is 34.2 Å². The molecule has 3 aromatic carbocycles. The van der Waals surface area contributed by atoms with Crippen LogP contribution in [0.1, 0.15) is 16.1 Å². The largest absolute Gasteiger partial charge is 0.336 e. The van der Waals surface area contributed by atoms with Gasteiger partial charge < -0.3 is 15.2 Å². The van der Waals surface area contributed by atoms with Gasteiger partial charge in [-0.3, -0.25) is 9.69 Å². The van der Waals surface area contributed by atoms with E-state index in [-0.39, 0.29) is 11.9 Å². The van der Waals surface area contributed by atoms with Crippen LogP contribution in [0.5, 0.6) is 0 Å². The van der Waals surface area contributed by atoms with E-state index < -0.39 is 0 Å². The Bertz CT molecular complexity index is 1260. The van der Waals surface area contributed by atoms with Gasteiger partial charge in [-0.25, -0.2) is 4.79 Å². The fraction of sp³-hybridized carbons (Fsp3) is 0.120. The van der Waals surface area contributed by atoms with E-state index in [0.29, 0.717) is 31.0 Å². The van der Waals surface area contributed by atoms with Gasteiger partial charge in [-0.1, -0.05) is 54.6 Å². The molecule has 0 spiro atoms. The first-order valence-corrected chi connectivity index (χ1v) is 10.3. The van der Waals surface area contributed by atoms with Crippen LogP contribution in [0.15, 0.2) is 84.9 Å². The number of hydrogen-bond donors (Lipinski definition) is 2. The highest BCUT2D eigenvalue weighted by molar-refractivity contribution is 6.07. The number of aromatic nitrogens is 1. The first kappa shape index (κ1) is 18.9. The molecule has 31 heavy (non-hydrogen) atoms. The number of urea groups is 1. The van der Waals surface area contributed by atoms with Crippen molar-refractivity contribution in [3.05, 3.63) is 96.2 Å². The van der Waals surface area contributed by atoms with Crippen molar-refractivity contribution in [1.29, 1.82) is 0 Å². The number of amides is 3. The Labute approximate surface area is 180 Å². The van der Waals surface area contributed by atoms with Crippen LogP contribution in [0.25, 0.3) is 10.9 Å². The summed E-state index contributed by atoms with van der Waals surface area (Å²) in [5.74, 6) is -0.185. The van der Waals surface area contributed by atoms with E-state index in [9.17, 15) is 9.59 Å². The average molecular weight is 410 g/mol. The smallest absolute Gasteiger partial charge is 0.321 e. The highest BCUT2D eigenvalue weighted by Crippen LogP contribution is 2.24. The van der Waals surface area contributed by atoms with Crippen molar-refractivity contribution in [2.45, 2.75) is 6.54 Å². The first-order chi connectivity index (χ1) is 15.2. The lowest BCUT2D eigenvalue weighted by Gasteiger charge is -2.16. The number of nitrogens with one attached hydrogen (secondary N) is 2. The molecule has 1 aromatic heterocycles. The maximum Gasteiger partial charge on any atom is 0.321 e. The summed E-state index contributed by atoms with van der Waals surface area (Å²) >= 11 is 0. The van der Waals surface area contributed by atoms with Crippen molar-refractivity contribution in [2.24, 2.45) is 0 Å². The summed E-state index contributed by atoms with van der Waals surface area (Å²) in [7, 11) is 0. The van der Waals surface area contributed by atoms with E-state index in [1.807, 2.05) is 77.4 Å². The first-order valence-electron chi connectivity index (χ1n) is 10.3. The van der Waals surface area contributed by atoms with Gasteiger partial charge in [-0.05, 0) is 35.9 Å². The SMILES string of the molecule is O=C(Nc1cccc(N2CCNC2=O)c1)c1cc2ccccc2n1Cc1ccccc1. The zero-order chi connectivity index (χ0) is 21.2. The summed E-state index contributed by atoms with van der Waals surface area (Å²) in [5.41, 5.74) is 4.14. The summed E-state index contributed by atoms with van der Waals surface area (Å²) < 4.78 is 2.04. The number of para-hydroxylation sites is 1. The van der Waals surface area contributed by atoms with Gasteiger partial charge in [0.2, 0.25) is 0 Å². The molecule has 0 aliphatic carbocycles. The molecular formula is C25H22N4O2. The number of benzene rings is 3. The number of carbonyl (C=O) groups is 2. The lowest BCUT2D eigenvalue weighted by atomic mass is 10.2. The molecule has 154 valence electrons. The average Bonchev–Trinajstić information content (AvgIpc) is 3.38. The normalized spacial score (nSPS) is 13.4. The third-order valence-corrected chi connectivity index (χ3v) is 5.50. The Hall–Kier alpha value is -4.06. The van der Waals surface area contributed by atoms with Gasteiger partial charge in [-0.2, -0.15) is 0 Å². The molecule has 0 saturated carbocycles. The van der Waals surface area contributed by atoms with Crippen LogP contribution in [0, 0.1) is 0 Å². The van der Waals surface area contributed by atoms with E-state index in [0.717, 1.165) is 22.2 Å². The second-order valence-electron chi connectivity index (χ2n) is 7.55. The molecule has 2 N–H and O–H groups in total. The van der Waals surface area contributed by atoms with Gasteiger partial charge in [0.25, 0.3) is 5.91 Å². The molecule has 0 unspecified atom stereocenters. The van der Waals surface area contributed by atoms with Gasteiger partial charge in [-0.15, -0.1) is 0 Å². The fourth-order valence-corrected chi connectivity index (χ4v) is 4.00. The highest BCUT2D eigenvalue weighted by Gasteiger charge is 2.22. The standard InChI is InChI=1S/C25H22N4O2/c30-24(27-20-10-6-11-21(16-20)28-14-13-26-25(28)31)23-15-19-9-4-5-12-22(19)29(23)17-18-7-2-1-3-8-18/h1-12,15-16H,13-14,17H2,(H,26,31)(H,27,30). The maximum atomic E-state index is 13.3. The molecule has 1 saturated heterocycles. The van der Waals surface area contributed by atoms with Gasteiger partial charge in [0.05, 0.1) is 0 Å². The van der Waals surface area contributed by atoms with Crippen LogP contribution in [0.3, 0.4) is 0 Å². The van der Waals surface area contributed by atoms with E-state index >= 15 is 0 Å². The van der Waals surface area contributed by atoms with Gasteiger partial charge in [0, 0.05) is 41.9 Å². The van der Waals surface area contributed by atoms with Gasteiger partial charge in [0.1, 0.15) is 5.69 Å². The predicted molar refractivity (Wildman–Crippen MR) is 123 cm³/mol. The van der Waals surface area contributed by atoms with Crippen LogP contribution >= 0.6 is 0 Å². The Morgan fingerprint density at radius 2 is 1.74 bits per heavy atom. The molecule has 0 atom stereocenters. The van der Waals surface area contributed by atoms with Gasteiger partial charge >= 0.3 is 6.03 Å². The molecule has 2 heterocycles. The molecule has 4 aromatic rings. The topological polar surface area (TPSA) is 66.4 Å². The van der Waals surface area contributed by atoms with Crippen LogP contribution < -0.4 is 15.5 Å². The van der Waals surface area contributed by atoms with Crippen molar-refractivity contribution in [3.8, 4) is 0 Å².